The van der Waals surface area contributed by atoms with Gasteiger partial charge in [0.1, 0.15) is 9.79 Å². The molecule has 0 heterocycles. The van der Waals surface area contributed by atoms with Gasteiger partial charge < -0.3 is 0 Å². The number of hydrogen-bond donors (Lipinski definition) is 4. The van der Waals surface area contributed by atoms with Gasteiger partial charge >= 0.3 is 29.6 Å². The van der Waals surface area contributed by atoms with Gasteiger partial charge in [0.05, 0.1) is 9.79 Å². The Balaban J connectivity index is 0.00000364. The summed E-state index contributed by atoms with van der Waals surface area (Å²) in [5.41, 5.74) is 0. The molecule has 0 bridgehead atoms. The zero-order valence-corrected chi connectivity index (χ0v) is 15.3. The van der Waals surface area contributed by atoms with E-state index in [-0.39, 0.29) is 41.7 Å². The fourth-order valence-electron chi connectivity index (χ4n) is 2.07. The van der Waals surface area contributed by atoms with E-state index in [1.165, 1.54) is 0 Å². The monoisotopic (exact) mass is 472 g/mol. The molecule has 0 unspecified atom stereocenters. The van der Waals surface area contributed by atoms with E-state index in [9.17, 15) is 42.8 Å². The van der Waals surface area contributed by atoms with Crippen molar-refractivity contribution in [3.63, 3.8) is 0 Å². The van der Waals surface area contributed by atoms with Crippen LogP contribution in [0.2, 0.25) is 0 Å². The number of hydrogen-bond acceptors (Lipinski definition) is 8. The molecule has 0 fully saturated rings. The maximum absolute atomic E-state index is 11.5. The molecule has 2 aromatic carbocycles. The third kappa shape index (κ3) is 5.24. The Kier molecular flexibility index (Phi) is 6.59. The summed E-state index contributed by atoms with van der Waals surface area (Å²) >= 11 is 0. The minimum absolute atomic E-state index is 0. The first-order valence-corrected chi connectivity index (χ1v) is 11.7. The topological polar surface area (TPSA) is 217 Å². The van der Waals surface area contributed by atoms with Gasteiger partial charge in [-0.2, -0.15) is 33.7 Å². The Bertz CT molecular complexity index is 1250. The fourth-order valence-corrected chi connectivity index (χ4v) is 4.73. The van der Waals surface area contributed by atoms with Crippen LogP contribution in [0.1, 0.15) is 0 Å². The van der Waals surface area contributed by atoms with Crippen LogP contribution in [0.3, 0.4) is 0 Å². The van der Waals surface area contributed by atoms with Gasteiger partial charge in [0.2, 0.25) is 0 Å². The summed E-state index contributed by atoms with van der Waals surface area (Å²) in [4.78, 5) is -4.92. The maximum atomic E-state index is 11.5. The van der Waals surface area contributed by atoms with Crippen LogP contribution < -0.4 is 0 Å². The summed E-state index contributed by atoms with van der Waals surface area (Å²) in [6.07, 6.45) is 0. The summed E-state index contributed by atoms with van der Waals surface area (Å²) in [7, 11) is -20.7. The van der Waals surface area contributed by atoms with Gasteiger partial charge in [-0.1, -0.05) is 0 Å². The standard InChI is InChI=1S/C10H8O12S4.Na.H/c11-23(12,13)5-1-7-8(10(3-5)26(20,21)22)2-6(24(14,15)16)4-9(7)25(17,18)19;;/h1-4H,(H,11,12,13)(H,14,15,16)(H,17,18,19)(H,20,21,22);;. The summed E-state index contributed by atoms with van der Waals surface area (Å²) in [6.45, 7) is 0. The second-order valence-corrected chi connectivity index (χ2v) is 10.5. The van der Waals surface area contributed by atoms with Crippen LogP contribution in [0.25, 0.3) is 10.8 Å². The zero-order chi connectivity index (χ0) is 20.3. The second kappa shape index (κ2) is 7.30. The Labute approximate surface area is 175 Å². The van der Waals surface area contributed by atoms with Crippen molar-refractivity contribution < 1.29 is 51.9 Å². The van der Waals surface area contributed by atoms with Crippen molar-refractivity contribution >= 4 is 80.8 Å². The molecule has 0 saturated heterocycles. The van der Waals surface area contributed by atoms with Crippen LogP contribution in [-0.4, -0.2) is 81.4 Å². The average molecular weight is 472 g/mol. The van der Waals surface area contributed by atoms with Gasteiger partial charge in [-0.3, -0.25) is 18.2 Å². The summed E-state index contributed by atoms with van der Waals surface area (Å²) in [5, 5.41) is -1.72. The van der Waals surface area contributed by atoms with Crippen LogP contribution in [0.4, 0.5) is 0 Å². The summed E-state index contributed by atoms with van der Waals surface area (Å²) in [6, 6.07) is 1.32. The third-order valence-corrected chi connectivity index (χ3v) is 6.54. The SMILES string of the molecule is O=S(=O)(O)c1cc(S(=O)(=O)O)c2cc(S(=O)(=O)O)cc(S(=O)(=O)O)c2c1.[NaH]. The Morgan fingerprint density at radius 3 is 0.926 bits per heavy atom. The average Bonchev–Trinajstić information content (AvgIpc) is 2.40. The van der Waals surface area contributed by atoms with Crippen LogP contribution in [0, 0.1) is 0 Å². The molecule has 0 aromatic heterocycles. The van der Waals surface area contributed by atoms with Crippen LogP contribution in [0.5, 0.6) is 0 Å². The van der Waals surface area contributed by atoms with E-state index in [1.54, 1.807) is 0 Å². The van der Waals surface area contributed by atoms with E-state index in [1.807, 2.05) is 0 Å². The summed E-state index contributed by atoms with van der Waals surface area (Å²) < 4.78 is 128. The van der Waals surface area contributed by atoms with Gasteiger partial charge in [-0.05, 0) is 24.3 Å². The van der Waals surface area contributed by atoms with Crippen molar-refractivity contribution in [3.05, 3.63) is 24.3 Å². The first kappa shape index (κ1) is 24.4. The van der Waals surface area contributed by atoms with E-state index < -0.39 is 70.8 Å². The van der Waals surface area contributed by atoms with Gasteiger partial charge in [0.25, 0.3) is 40.5 Å². The molecule has 146 valence electrons. The molecule has 0 aliphatic carbocycles. The van der Waals surface area contributed by atoms with Crippen molar-refractivity contribution in [3.8, 4) is 0 Å². The molecule has 0 aliphatic rings. The van der Waals surface area contributed by atoms with Crippen LogP contribution in [0.15, 0.2) is 43.8 Å². The molecule has 0 atom stereocenters. The molecular formula is C10H9NaO12S4. The van der Waals surface area contributed by atoms with Crippen molar-refractivity contribution in [2.45, 2.75) is 19.6 Å². The molecule has 17 heteroatoms. The van der Waals surface area contributed by atoms with E-state index in [4.69, 9.17) is 9.11 Å². The van der Waals surface area contributed by atoms with E-state index >= 15 is 0 Å². The Hall–Kier alpha value is -0.660. The first-order chi connectivity index (χ1) is 11.4. The van der Waals surface area contributed by atoms with Crippen LogP contribution >= 0.6 is 0 Å². The van der Waals surface area contributed by atoms with Gasteiger partial charge in [-0.15, -0.1) is 0 Å². The molecule has 27 heavy (non-hydrogen) atoms. The third-order valence-electron chi connectivity index (χ3n) is 3.09. The molecule has 2 aromatic rings. The van der Waals surface area contributed by atoms with Gasteiger partial charge in [0, 0.05) is 10.8 Å². The summed E-state index contributed by atoms with van der Waals surface area (Å²) in [5.74, 6) is 0. The van der Waals surface area contributed by atoms with E-state index in [2.05, 4.69) is 0 Å². The predicted octanol–water partition coefficient (Wildman–Crippen LogP) is -0.822. The number of fused-ring (bicyclic) bond motifs is 1. The second-order valence-electron chi connectivity index (χ2n) is 4.84. The van der Waals surface area contributed by atoms with E-state index in [0.717, 1.165) is 0 Å². The quantitative estimate of drug-likeness (QED) is 0.317. The van der Waals surface area contributed by atoms with Crippen molar-refractivity contribution in [2.24, 2.45) is 0 Å². The van der Waals surface area contributed by atoms with Gasteiger partial charge in [-0.25, -0.2) is 0 Å². The predicted molar refractivity (Wildman–Crippen MR) is 90.4 cm³/mol. The normalized spacial score (nSPS) is 13.3. The first-order valence-electron chi connectivity index (χ1n) is 5.94. The number of benzene rings is 2. The molecule has 12 nitrogen and oxygen atoms in total. The van der Waals surface area contributed by atoms with Crippen molar-refractivity contribution in [1.82, 2.24) is 0 Å². The number of rotatable bonds is 4. The molecule has 4 N–H and O–H groups in total. The van der Waals surface area contributed by atoms with Crippen molar-refractivity contribution in [2.75, 3.05) is 0 Å². The molecule has 2 rings (SSSR count). The molecular weight excluding hydrogens is 463 g/mol. The minimum atomic E-state index is -5.27. The van der Waals surface area contributed by atoms with Crippen molar-refractivity contribution in [1.29, 1.82) is 0 Å². The van der Waals surface area contributed by atoms with E-state index in [0.29, 0.717) is 12.1 Å². The van der Waals surface area contributed by atoms with Gasteiger partial charge in [0.15, 0.2) is 0 Å². The molecule has 0 amide bonds. The molecule has 0 radical (unpaired) electrons. The Morgan fingerprint density at radius 2 is 0.741 bits per heavy atom. The molecule has 0 spiro atoms. The van der Waals surface area contributed by atoms with Crippen LogP contribution in [-0.2, 0) is 40.5 Å². The molecule has 0 saturated carbocycles. The fraction of sp³-hybridized carbons (Fsp3) is 0. The Morgan fingerprint density at radius 1 is 0.481 bits per heavy atom. The zero-order valence-electron chi connectivity index (χ0n) is 12.0. The molecule has 0 aliphatic heterocycles.